The maximum absolute atomic E-state index is 8.95. The van der Waals surface area contributed by atoms with Crippen molar-refractivity contribution in [2.75, 3.05) is 16.3 Å². The Bertz CT molecular complexity index is 699. The molecule has 0 amide bonds. The molecule has 104 valence electrons. The summed E-state index contributed by atoms with van der Waals surface area (Å²) in [6.45, 7) is 2.08. The van der Waals surface area contributed by atoms with Crippen molar-refractivity contribution in [2.24, 2.45) is 0 Å². The van der Waals surface area contributed by atoms with Crippen LogP contribution in [0.2, 0.25) is 0 Å². The van der Waals surface area contributed by atoms with Gasteiger partial charge in [0.1, 0.15) is 6.17 Å². The number of fused-ring (bicyclic) bond motifs is 3. The van der Waals surface area contributed by atoms with Gasteiger partial charge in [0.15, 0.2) is 0 Å². The molecule has 0 aromatic heterocycles. The standard InChI is InChI=1S/C18H17N3/c19-12-14-7-9-16(10-8-14)21-13-15-4-1-2-5-17(15)20-11-3-6-18(20)21/h1-2,4-5,7-10,18H,3,6,11,13H2. The van der Waals surface area contributed by atoms with Gasteiger partial charge in [-0.15, -0.1) is 0 Å². The topological polar surface area (TPSA) is 30.3 Å². The minimum atomic E-state index is 0.452. The number of anilines is 2. The van der Waals surface area contributed by atoms with Crippen molar-refractivity contribution in [1.82, 2.24) is 0 Å². The largest absolute Gasteiger partial charge is 0.351 e. The highest BCUT2D eigenvalue weighted by Gasteiger charge is 2.35. The first-order valence-corrected chi connectivity index (χ1v) is 7.48. The first-order valence-electron chi connectivity index (χ1n) is 7.48. The van der Waals surface area contributed by atoms with Crippen molar-refractivity contribution in [3.63, 3.8) is 0 Å². The van der Waals surface area contributed by atoms with E-state index in [2.05, 4.69) is 52.3 Å². The number of benzene rings is 2. The third-order valence-electron chi connectivity index (χ3n) is 4.55. The van der Waals surface area contributed by atoms with Crippen molar-refractivity contribution in [1.29, 1.82) is 5.26 Å². The van der Waals surface area contributed by atoms with E-state index in [1.807, 2.05) is 12.1 Å². The van der Waals surface area contributed by atoms with Crippen LogP contribution in [0, 0.1) is 11.3 Å². The van der Waals surface area contributed by atoms with Gasteiger partial charge in [0.2, 0.25) is 0 Å². The second kappa shape index (κ2) is 4.82. The number of hydrogen-bond donors (Lipinski definition) is 0. The molecule has 1 saturated heterocycles. The average Bonchev–Trinajstić information content (AvgIpc) is 3.04. The van der Waals surface area contributed by atoms with E-state index in [1.54, 1.807) is 0 Å². The highest BCUT2D eigenvalue weighted by molar-refractivity contribution is 5.64. The lowest BCUT2D eigenvalue weighted by atomic mass is 10.1. The minimum absolute atomic E-state index is 0.452. The zero-order chi connectivity index (χ0) is 14.2. The van der Waals surface area contributed by atoms with Crippen LogP contribution in [0.3, 0.4) is 0 Å². The zero-order valence-electron chi connectivity index (χ0n) is 11.9. The lowest BCUT2D eigenvalue weighted by Gasteiger charge is -2.43. The van der Waals surface area contributed by atoms with Crippen molar-refractivity contribution in [3.8, 4) is 6.07 Å². The second-order valence-electron chi connectivity index (χ2n) is 5.73. The average molecular weight is 275 g/mol. The lowest BCUT2D eigenvalue weighted by Crippen LogP contribution is -2.48. The molecule has 0 bridgehead atoms. The molecule has 0 spiro atoms. The van der Waals surface area contributed by atoms with E-state index in [-0.39, 0.29) is 0 Å². The molecule has 0 radical (unpaired) electrons. The first kappa shape index (κ1) is 12.3. The third kappa shape index (κ3) is 1.95. The highest BCUT2D eigenvalue weighted by atomic mass is 15.4. The normalized spacial score (nSPS) is 19.9. The van der Waals surface area contributed by atoms with Gasteiger partial charge in [-0.25, -0.2) is 0 Å². The van der Waals surface area contributed by atoms with E-state index in [4.69, 9.17) is 5.26 Å². The van der Waals surface area contributed by atoms with Crippen LogP contribution in [0.4, 0.5) is 11.4 Å². The summed E-state index contributed by atoms with van der Waals surface area (Å²) in [6, 6.07) is 18.9. The van der Waals surface area contributed by atoms with Gasteiger partial charge >= 0.3 is 0 Å². The fourth-order valence-corrected chi connectivity index (χ4v) is 3.56. The number of rotatable bonds is 1. The van der Waals surface area contributed by atoms with E-state index in [0.29, 0.717) is 6.17 Å². The lowest BCUT2D eigenvalue weighted by molar-refractivity contribution is 0.581. The van der Waals surface area contributed by atoms with Crippen molar-refractivity contribution in [2.45, 2.75) is 25.6 Å². The fraction of sp³-hybridized carbons (Fsp3) is 0.278. The van der Waals surface area contributed by atoms with Crippen LogP contribution in [0.1, 0.15) is 24.0 Å². The summed E-state index contributed by atoms with van der Waals surface area (Å²) in [6.07, 6.45) is 2.90. The van der Waals surface area contributed by atoms with E-state index in [0.717, 1.165) is 18.7 Å². The Labute approximate surface area is 125 Å². The molecule has 21 heavy (non-hydrogen) atoms. The first-order chi connectivity index (χ1) is 10.4. The van der Waals surface area contributed by atoms with Gasteiger partial charge in [0, 0.05) is 24.5 Å². The molecule has 2 heterocycles. The maximum atomic E-state index is 8.95. The second-order valence-corrected chi connectivity index (χ2v) is 5.73. The molecule has 0 aliphatic carbocycles. The molecule has 2 aromatic carbocycles. The molecular weight excluding hydrogens is 258 g/mol. The predicted molar refractivity (Wildman–Crippen MR) is 84.2 cm³/mol. The summed E-state index contributed by atoms with van der Waals surface area (Å²) >= 11 is 0. The van der Waals surface area contributed by atoms with Crippen LogP contribution in [0.25, 0.3) is 0 Å². The molecule has 2 aliphatic heterocycles. The summed E-state index contributed by atoms with van der Waals surface area (Å²) in [5.74, 6) is 0. The Balaban J connectivity index is 1.74. The van der Waals surface area contributed by atoms with Gasteiger partial charge in [-0.2, -0.15) is 5.26 Å². The molecule has 1 unspecified atom stereocenters. The highest BCUT2D eigenvalue weighted by Crippen LogP contribution is 2.38. The predicted octanol–water partition coefficient (Wildman–Crippen LogP) is 3.50. The summed E-state index contributed by atoms with van der Waals surface area (Å²) in [4.78, 5) is 4.99. The third-order valence-corrected chi connectivity index (χ3v) is 4.55. The van der Waals surface area contributed by atoms with Crippen LogP contribution in [0.15, 0.2) is 48.5 Å². The molecule has 3 nitrogen and oxygen atoms in total. The van der Waals surface area contributed by atoms with E-state index in [9.17, 15) is 0 Å². The van der Waals surface area contributed by atoms with Crippen LogP contribution >= 0.6 is 0 Å². The molecule has 1 atom stereocenters. The minimum Gasteiger partial charge on any atom is -0.351 e. The van der Waals surface area contributed by atoms with Gasteiger partial charge in [-0.1, -0.05) is 18.2 Å². The molecule has 0 saturated carbocycles. The Morgan fingerprint density at radius 1 is 1.00 bits per heavy atom. The Hall–Kier alpha value is -2.47. The van der Waals surface area contributed by atoms with Crippen LogP contribution in [-0.4, -0.2) is 12.7 Å². The number of para-hydroxylation sites is 1. The van der Waals surface area contributed by atoms with Crippen molar-refractivity contribution < 1.29 is 0 Å². The molecule has 3 heteroatoms. The van der Waals surface area contributed by atoms with Crippen LogP contribution in [0.5, 0.6) is 0 Å². The summed E-state index contributed by atoms with van der Waals surface area (Å²) in [5, 5.41) is 8.95. The quantitative estimate of drug-likeness (QED) is 0.798. The molecule has 1 fully saturated rings. The summed E-state index contributed by atoms with van der Waals surface area (Å²) in [5.41, 5.74) is 4.71. The Morgan fingerprint density at radius 3 is 2.62 bits per heavy atom. The molecule has 2 aliphatic rings. The van der Waals surface area contributed by atoms with Gasteiger partial charge < -0.3 is 9.80 Å². The van der Waals surface area contributed by atoms with Gasteiger partial charge in [-0.3, -0.25) is 0 Å². The smallest absolute Gasteiger partial charge is 0.102 e. The summed E-state index contributed by atoms with van der Waals surface area (Å²) in [7, 11) is 0. The Morgan fingerprint density at radius 2 is 1.81 bits per heavy atom. The van der Waals surface area contributed by atoms with Gasteiger partial charge in [0.25, 0.3) is 0 Å². The van der Waals surface area contributed by atoms with Gasteiger partial charge in [0.05, 0.1) is 11.6 Å². The SMILES string of the molecule is N#Cc1ccc(N2Cc3ccccc3N3CCCC23)cc1. The van der Waals surface area contributed by atoms with Gasteiger partial charge in [-0.05, 0) is 48.7 Å². The molecular formula is C18H17N3. The fourth-order valence-electron chi connectivity index (χ4n) is 3.56. The molecule has 2 aromatic rings. The molecule has 4 rings (SSSR count). The Kier molecular flexibility index (Phi) is 2.82. The molecule has 0 N–H and O–H groups in total. The van der Waals surface area contributed by atoms with Crippen LogP contribution in [-0.2, 0) is 6.54 Å². The van der Waals surface area contributed by atoms with Crippen LogP contribution < -0.4 is 9.80 Å². The number of nitriles is 1. The number of hydrogen-bond acceptors (Lipinski definition) is 3. The maximum Gasteiger partial charge on any atom is 0.102 e. The van der Waals surface area contributed by atoms with Crippen molar-refractivity contribution >= 4 is 11.4 Å². The summed E-state index contributed by atoms with van der Waals surface area (Å²) < 4.78 is 0. The van der Waals surface area contributed by atoms with E-state index < -0.39 is 0 Å². The monoisotopic (exact) mass is 275 g/mol. The zero-order valence-corrected chi connectivity index (χ0v) is 11.9. The van der Waals surface area contributed by atoms with E-state index >= 15 is 0 Å². The van der Waals surface area contributed by atoms with Crippen molar-refractivity contribution in [3.05, 3.63) is 59.7 Å². The van der Waals surface area contributed by atoms with E-state index in [1.165, 1.54) is 29.8 Å². The number of nitrogens with zero attached hydrogens (tertiary/aromatic N) is 3.